The smallest absolute Gasteiger partial charge is 0.274 e. The summed E-state index contributed by atoms with van der Waals surface area (Å²) in [7, 11) is 3.78. The van der Waals surface area contributed by atoms with E-state index in [1.54, 1.807) is 6.07 Å². The topological polar surface area (TPSA) is 80.0 Å². The minimum absolute atomic E-state index is 0.0769. The number of aromatic nitrogens is 5. The van der Waals surface area contributed by atoms with Crippen molar-refractivity contribution < 1.29 is 4.79 Å². The van der Waals surface area contributed by atoms with E-state index in [-0.39, 0.29) is 11.9 Å². The molecule has 1 atom stereocenters. The second-order valence-electron chi connectivity index (χ2n) is 6.37. The Balaban J connectivity index is 1.74. The van der Waals surface area contributed by atoms with Crippen LogP contribution in [0.3, 0.4) is 0 Å². The Labute approximate surface area is 141 Å². The van der Waals surface area contributed by atoms with Crippen LogP contribution < -0.4 is 4.90 Å². The molecule has 8 nitrogen and oxygen atoms in total. The van der Waals surface area contributed by atoms with E-state index in [9.17, 15) is 4.79 Å². The molecule has 8 heteroatoms. The predicted octanol–water partition coefficient (Wildman–Crippen LogP) is 1.23. The fraction of sp³-hybridized carbons (Fsp3) is 0.562. The first-order valence-electron chi connectivity index (χ1n) is 8.16. The zero-order chi connectivity index (χ0) is 17.3. The van der Waals surface area contributed by atoms with Crippen molar-refractivity contribution in [2.45, 2.75) is 32.7 Å². The van der Waals surface area contributed by atoms with Gasteiger partial charge in [0.15, 0.2) is 11.5 Å². The van der Waals surface area contributed by atoms with E-state index in [2.05, 4.69) is 20.3 Å². The second kappa shape index (κ2) is 6.54. The van der Waals surface area contributed by atoms with Gasteiger partial charge in [-0.2, -0.15) is 5.10 Å². The lowest BCUT2D eigenvalue weighted by Crippen LogP contribution is -2.41. The van der Waals surface area contributed by atoms with Gasteiger partial charge in [-0.3, -0.25) is 4.79 Å². The van der Waals surface area contributed by atoms with Crippen molar-refractivity contribution in [3.63, 3.8) is 0 Å². The number of carbonyl (C=O) groups is 1. The highest BCUT2D eigenvalue weighted by Crippen LogP contribution is 2.23. The molecule has 128 valence electrons. The molecule has 24 heavy (non-hydrogen) atoms. The first-order valence-corrected chi connectivity index (χ1v) is 8.16. The quantitative estimate of drug-likeness (QED) is 0.842. The van der Waals surface area contributed by atoms with Crippen LogP contribution in [0.25, 0.3) is 0 Å². The number of anilines is 1. The minimum Gasteiger partial charge on any atom is -0.361 e. The minimum atomic E-state index is -0.0769. The summed E-state index contributed by atoms with van der Waals surface area (Å²) >= 11 is 0. The molecule has 1 amide bonds. The van der Waals surface area contributed by atoms with E-state index in [1.807, 2.05) is 48.5 Å². The zero-order valence-corrected chi connectivity index (χ0v) is 14.6. The molecule has 1 aliphatic rings. The van der Waals surface area contributed by atoms with E-state index in [0.29, 0.717) is 12.2 Å². The highest BCUT2D eigenvalue weighted by atomic mass is 16.2. The maximum Gasteiger partial charge on any atom is 0.274 e. The lowest BCUT2D eigenvalue weighted by molar-refractivity contribution is 0.0664. The number of aryl methyl sites for hydroxylation is 2. The van der Waals surface area contributed by atoms with Gasteiger partial charge < -0.3 is 9.80 Å². The van der Waals surface area contributed by atoms with Crippen molar-refractivity contribution in [3.05, 3.63) is 29.5 Å². The Morgan fingerprint density at radius 1 is 1.25 bits per heavy atom. The summed E-state index contributed by atoms with van der Waals surface area (Å²) in [5.74, 6) is 2.31. The summed E-state index contributed by atoms with van der Waals surface area (Å²) in [5.41, 5.74) is 0.382. The lowest BCUT2D eigenvalue weighted by atomic mass is 10.1. The van der Waals surface area contributed by atoms with Gasteiger partial charge in [-0.15, -0.1) is 10.2 Å². The van der Waals surface area contributed by atoms with Crippen molar-refractivity contribution in [2.24, 2.45) is 0 Å². The number of likely N-dealkylation sites (tertiary alicyclic amines) is 1. The standard InChI is InChI=1S/C16H23N7O/c1-11-17-12(2)23(20-11)13-6-5-9-22(10-13)16(24)14-7-8-15(19-18-14)21(3)4/h7-8,13H,5-6,9-10H2,1-4H3/t13-/m1/s1. The van der Waals surface area contributed by atoms with Gasteiger partial charge in [-0.25, -0.2) is 9.67 Å². The monoisotopic (exact) mass is 329 g/mol. The van der Waals surface area contributed by atoms with Gasteiger partial charge in [0.2, 0.25) is 0 Å². The third-order valence-electron chi connectivity index (χ3n) is 4.27. The van der Waals surface area contributed by atoms with Gasteiger partial charge in [-0.1, -0.05) is 0 Å². The van der Waals surface area contributed by atoms with Gasteiger partial charge in [0.05, 0.1) is 6.04 Å². The van der Waals surface area contributed by atoms with E-state index in [1.165, 1.54) is 0 Å². The molecule has 0 radical (unpaired) electrons. The summed E-state index contributed by atoms with van der Waals surface area (Å²) in [5, 5.41) is 12.6. The molecule has 0 bridgehead atoms. The predicted molar refractivity (Wildman–Crippen MR) is 90.0 cm³/mol. The normalized spacial score (nSPS) is 17.8. The summed E-state index contributed by atoms with van der Waals surface area (Å²) in [6.45, 7) is 5.20. The molecule has 3 rings (SSSR count). The third kappa shape index (κ3) is 3.22. The number of hydrogen-bond acceptors (Lipinski definition) is 6. The molecule has 0 aromatic carbocycles. The molecule has 1 aliphatic heterocycles. The molecule has 0 saturated carbocycles. The maximum atomic E-state index is 12.7. The molecular formula is C16H23N7O. The fourth-order valence-electron chi connectivity index (χ4n) is 3.06. The maximum absolute atomic E-state index is 12.7. The van der Waals surface area contributed by atoms with Gasteiger partial charge in [0, 0.05) is 27.2 Å². The Morgan fingerprint density at radius 3 is 2.62 bits per heavy atom. The number of amides is 1. The van der Waals surface area contributed by atoms with Crippen LogP contribution in [0.1, 0.15) is 41.0 Å². The average molecular weight is 329 g/mol. The number of piperidine rings is 1. The Hall–Kier alpha value is -2.51. The van der Waals surface area contributed by atoms with Crippen molar-refractivity contribution in [2.75, 3.05) is 32.1 Å². The first kappa shape index (κ1) is 16.4. The number of hydrogen-bond donors (Lipinski definition) is 0. The van der Waals surface area contributed by atoms with Crippen LogP contribution >= 0.6 is 0 Å². The van der Waals surface area contributed by atoms with Gasteiger partial charge in [-0.05, 0) is 38.8 Å². The van der Waals surface area contributed by atoms with E-state index in [0.717, 1.165) is 36.9 Å². The number of carbonyl (C=O) groups excluding carboxylic acids is 1. The van der Waals surface area contributed by atoms with Gasteiger partial charge in [0.1, 0.15) is 11.6 Å². The van der Waals surface area contributed by atoms with Crippen molar-refractivity contribution >= 4 is 11.7 Å². The van der Waals surface area contributed by atoms with Gasteiger partial charge in [0.25, 0.3) is 5.91 Å². The average Bonchev–Trinajstić information content (AvgIpc) is 2.93. The number of rotatable bonds is 3. The van der Waals surface area contributed by atoms with Crippen LogP contribution in [0.15, 0.2) is 12.1 Å². The van der Waals surface area contributed by atoms with Crippen LogP contribution in [0.2, 0.25) is 0 Å². The summed E-state index contributed by atoms with van der Waals surface area (Å²) in [6, 6.07) is 3.71. The van der Waals surface area contributed by atoms with Gasteiger partial charge >= 0.3 is 0 Å². The molecular weight excluding hydrogens is 306 g/mol. The first-order chi connectivity index (χ1) is 11.5. The van der Waals surface area contributed by atoms with Crippen LogP contribution in [0, 0.1) is 13.8 Å². The lowest BCUT2D eigenvalue weighted by Gasteiger charge is -2.32. The van der Waals surface area contributed by atoms with Crippen molar-refractivity contribution in [1.29, 1.82) is 0 Å². The molecule has 1 fully saturated rings. The van der Waals surface area contributed by atoms with Crippen molar-refractivity contribution in [3.8, 4) is 0 Å². The molecule has 0 aliphatic carbocycles. The molecule has 2 aromatic rings. The molecule has 2 aromatic heterocycles. The fourth-order valence-corrected chi connectivity index (χ4v) is 3.06. The SMILES string of the molecule is Cc1nc(C)n([C@@H]2CCCN(C(=O)c3ccc(N(C)C)nn3)C2)n1. The van der Waals surface area contributed by atoms with E-state index < -0.39 is 0 Å². The number of nitrogens with zero attached hydrogens (tertiary/aromatic N) is 7. The molecule has 3 heterocycles. The summed E-state index contributed by atoms with van der Waals surface area (Å²) < 4.78 is 1.94. The molecule has 0 N–H and O–H groups in total. The highest BCUT2D eigenvalue weighted by molar-refractivity contribution is 5.92. The molecule has 1 saturated heterocycles. The Kier molecular flexibility index (Phi) is 4.46. The Bertz CT molecular complexity index is 723. The zero-order valence-electron chi connectivity index (χ0n) is 14.6. The van der Waals surface area contributed by atoms with Crippen LogP contribution in [0.5, 0.6) is 0 Å². The second-order valence-corrected chi connectivity index (χ2v) is 6.37. The molecule has 0 spiro atoms. The Morgan fingerprint density at radius 2 is 2.04 bits per heavy atom. The van der Waals surface area contributed by atoms with E-state index in [4.69, 9.17) is 0 Å². The summed E-state index contributed by atoms with van der Waals surface area (Å²) in [6.07, 6.45) is 1.94. The largest absolute Gasteiger partial charge is 0.361 e. The summed E-state index contributed by atoms with van der Waals surface area (Å²) in [4.78, 5) is 20.8. The third-order valence-corrected chi connectivity index (χ3v) is 4.27. The molecule has 0 unspecified atom stereocenters. The van der Waals surface area contributed by atoms with Crippen LogP contribution in [-0.4, -0.2) is 63.0 Å². The van der Waals surface area contributed by atoms with Crippen molar-refractivity contribution in [1.82, 2.24) is 29.9 Å². The highest BCUT2D eigenvalue weighted by Gasteiger charge is 2.28. The van der Waals surface area contributed by atoms with E-state index >= 15 is 0 Å². The van der Waals surface area contributed by atoms with Crippen LogP contribution in [-0.2, 0) is 0 Å². The van der Waals surface area contributed by atoms with Crippen LogP contribution in [0.4, 0.5) is 5.82 Å².